The van der Waals surface area contributed by atoms with Crippen molar-refractivity contribution in [2.24, 2.45) is 0 Å². The summed E-state index contributed by atoms with van der Waals surface area (Å²) in [5, 5.41) is 9.24. The fourth-order valence-corrected chi connectivity index (χ4v) is 4.14. The smallest absolute Gasteiger partial charge is 0.304 e. The van der Waals surface area contributed by atoms with E-state index in [9.17, 15) is 14.3 Å². The molecule has 1 fully saturated rings. The molecule has 1 N–H and O–H groups in total. The number of aliphatic carboxylic acids is 1. The van der Waals surface area contributed by atoms with Gasteiger partial charge >= 0.3 is 5.97 Å². The molecule has 6 heteroatoms. The van der Waals surface area contributed by atoms with Gasteiger partial charge in [0.15, 0.2) is 0 Å². The van der Waals surface area contributed by atoms with Gasteiger partial charge in [-0.1, -0.05) is 0 Å². The van der Waals surface area contributed by atoms with E-state index in [0.717, 1.165) is 17.7 Å². The van der Waals surface area contributed by atoms with Crippen molar-refractivity contribution in [2.45, 2.75) is 28.9 Å². The number of hydrogen-bond acceptors (Lipinski definition) is 4. The predicted octanol–water partition coefficient (Wildman–Crippen LogP) is 4.73. The maximum absolute atomic E-state index is 12.9. The predicted molar refractivity (Wildman–Crippen MR) is 93.8 cm³/mol. The Morgan fingerprint density at radius 1 is 1.08 bits per heavy atom. The molecule has 3 rings (SSSR count). The molecule has 0 unspecified atom stereocenters. The van der Waals surface area contributed by atoms with E-state index < -0.39 is 5.97 Å². The second kappa shape index (κ2) is 7.89. The lowest BCUT2D eigenvalue weighted by Crippen LogP contribution is -2.35. The lowest BCUT2D eigenvalue weighted by molar-refractivity contribution is -0.138. The van der Waals surface area contributed by atoms with E-state index in [1.165, 1.54) is 12.1 Å². The molecular weight excluding hydrogens is 343 g/mol. The summed E-state index contributed by atoms with van der Waals surface area (Å²) in [7, 11) is 0. The minimum atomic E-state index is -0.786. The van der Waals surface area contributed by atoms with Gasteiger partial charge in [-0.05, 0) is 61.4 Å². The quantitative estimate of drug-likeness (QED) is 0.805. The first-order valence-corrected chi connectivity index (χ1v) is 8.88. The van der Waals surface area contributed by atoms with Crippen LogP contribution in [0.15, 0.2) is 53.4 Å². The Morgan fingerprint density at radius 3 is 2.20 bits per heavy atom. The zero-order valence-electron chi connectivity index (χ0n) is 13.6. The van der Waals surface area contributed by atoms with Gasteiger partial charge in [0.25, 0.3) is 0 Å². The maximum Gasteiger partial charge on any atom is 0.304 e. The largest absolute Gasteiger partial charge is 0.481 e. The Balaban J connectivity index is 1.68. The average Bonchev–Trinajstić information content (AvgIpc) is 2.59. The number of halogens is 1. The van der Waals surface area contributed by atoms with Crippen LogP contribution in [0.25, 0.3) is 0 Å². The molecule has 0 bridgehead atoms. The standard InChI is InChI=1S/C19H19FO4S/c20-14-1-3-15(4-2-14)24-16-5-7-17(8-6-16)25-19(13-18(21)22)9-11-23-12-10-19/h1-8H,9-13H2,(H,21,22). The third kappa shape index (κ3) is 4.96. The number of ether oxygens (including phenoxy) is 2. The van der Waals surface area contributed by atoms with Gasteiger partial charge in [-0.15, -0.1) is 11.8 Å². The van der Waals surface area contributed by atoms with Crippen molar-refractivity contribution < 1.29 is 23.8 Å². The highest BCUT2D eigenvalue weighted by molar-refractivity contribution is 8.00. The molecular formula is C19H19FO4S. The highest BCUT2D eigenvalue weighted by Gasteiger charge is 2.36. The fourth-order valence-electron chi connectivity index (χ4n) is 2.80. The van der Waals surface area contributed by atoms with Crippen LogP contribution in [0.5, 0.6) is 11.5 Å². The Morgan fingerprint density at radius 2 is 1.64 bits per heavy atom. The molecule has 2 aromatic carbocycles. The van der Waals surface area contributed by atoms with Crippen LogP contribution in [-0.2, 0) is 9.53 Å². The van der Waals surface area contributed by atoms with Gasteiger partial charge in [0.2, 0.25) is 0 Å². The minimum absolute atomic E-state index is 0.120. The van der Waals surface area contributed by atoms with Crippen molar-refractivity contribution in [3.8, 4) is 11.5 Å². The van der Waals surface area contributed by atoms with Crippen molar-refractivity contribution >= 4 is 17.7 Å². The number of hydrogen-bond donors (Lipinski definition) is 1. The van der Waals surface area contributed by atoms with Crippen molar-refractivity contribution in [1.29, 1.82) is 0 Å². The maximum atomic E-state index is 12.9. The van der Waals surface area contributed by atoms with Gasteiger partial charge in [0.05, 0.1) is 6.42 Å². The zero-order valence-corrected chi connectivity index (χ0v) is 14.4. The molecule has 1 heterocycles. The van der Waals surface area contributed by atoms with E-state index in [1.807, 2.05) is 24.3 Å². The van der Waals surface area contributed by atoms with Crippen LogP contribution in [0.2, 0.25) is 0 Å². The van der Waals surface area contributed by atoms with Crippen LogP contribution in [-0.4, -0.2) is 29.0 Å². The van der Waals surface area contributed by atoms with Gasteiger partial charge < -0.3 is 14.6 Å². The molecule has 2 aromatic rings. The van der Waals surface area contributed by atoms with Gasteiger partial charge in [0.1, 0.15) is 17.3 Å². The number of carbonyl (C=O) groups is 1. The summed E-state index contributed by atoms with van der Waals surface area (Å²) < 4.78 is 23.7. The molecule has 0 amide bonds. The van der Waals surface area contributed by atoms with Crippen molar-refractivity contribution in [1.82, 2.24) is 0 Å². The molecule has 1 aliphatic heterocycles. The lowest BCUT2D eigenvalue weighted by atomic mass is 9.95. The molecule has 0 saturated carbocycles. The van der Waals surface area contributed by atoms with Gasteiger partial charge in [0, 0.05) is 22.9 Å². The second-order valence-electron chi connectivity index (χ2n) is 6.00. The minimum Gasteiger partial charge on any atom is -0.481 e. The Hall–Kier alpha value is -2.05. The summed E-state index contributed by atoms with van der Waals surface area (Å²) in [4.78, 5) is 12.2. The molecule has 1 aliphatic rings. The Bertz CT molecular complexity index is 709. The van der Waals surface area contributed by atoms with E-state index in [2.05, 4.69) is 0 Å². The second-order valence-corrected chi connectivity index (χ2v) is 7.54. The summed E-state index contributed by atoms with van der Waals surface area (Å²) in [5.41, 5.74) is 0. The summed E-state index contributed by atoms with van der Waals surface area (Å²) in [6.07, 6.45) is 1.56. The van der Waals surface area contributed by atoms with Gasteiger partial charge in [-0.25, -0.2) is 4.39 Å². The van der Waals surface area contributed by atoms with Crippen LogP contribution >= 0.6 is 11.8 Å². The highest BCUT2D eigenvalue weighted by atomic mass is 32.2. The number of carboxylic acid groups (broad SMARTS) is 1. The molecule has 25 heavy (non-hydrogen) atoms. The highest BCUT2D eigenvalue weighted by Crippen LogP contribution is 2.43. The first kappa shape index (κ1) is 17.8. The SMILES string of the molecule is O=C(O)CC1(Sc2ccc(Oc3ccc(F)cc3)cc2)CCOCC1. The van der Waals surface area contributed by atoms with Gasteiger partial charge in [-0.3, -0.25) is 4.79 Å². The number of carboxylic acids is 1. The van der Waals surface area contributed by atoms with E-state index in [1.54, 1.807) is 23.9 Å². The Labute approximate surface area is 150 Å². The van der Waals surface area contributed by atoms with Crippen LogP contribution in [0.4, 0.5) is 4.39 Å². The molecule has 1 saturated heterocycles. The third-order valence-electron chi connectivity index (χ3n) is 4.08. The summed E-state index contributed by atoms with van der Waals surface area (Å²) in [6.45, 7) is 1.18. The summed E-state index contributed by atoms with van der Waals surface area (Å²) >= 11 is 1.59. The van der Waals surface area contributed by atoms with Crippen LogP contribution < -0.4 is 4.74 Å². The molecule has 0 aromatic heterocycles. The normalized spacial score (nSPS) is 16.4. The van der Waals surface area contributed by atoms with Crippen LogP contribution in [0, 0.1) is 5.82 Å². The number of benzene rings is 2. The fraction of sp³-hybridized carbons (Fsp3) is 0.316. The van der Waals surface area contributed by atoms with E-state index in [-0.39, 0.29) is 17.0 Å². The number of thioether (sulfide) groups is 1. The molecule has 4 nitrogen and oxygen atoms in total. The van der Waals surface area contributed by atoms with Crippen LogP contribution in [0.3, 0.4) is 0 Å². The first-order chi connectivity index (χ1) is 12.0. The van der Waals surface area contributed by atoms with Gasteiger partial charge in [-0.2, -0.15) is 0 Å². The number of rotatable bonds is 6. The molecule has 0 radical (unpaired) electrons. The summed E-state index contributed by atoms with van der Waals surface area (Å²) in [6, 6.07) is 13.3. The van der Waals surface area contributed by atoms with Crippen molar-refractivity contribution in [3.05, 3.63) is 54.3 Å². The summed E-state index contributed by atoms with van der Waals surface area (Å²) in [5.74, 6) is 0.119. The van der Waals surface area contributed by atoms with E-state index in [0.29, 0.717) is 24.7 Å². The molecule has 0 spiro atoms. The molecule has 132 valence electrons. The van der Waals surface area contributed by atoms with E-state index >= 15 is 0 Å². The Kier molecular flexibility index (Phi) is 5.60. The van der Waals surface area contributed by atoms with Crippen molar-refractivity contribution in [3.63, 3.8) is 0 Å². The molecule has 0 atom stereocenters. The van der Waals surface area contributed by atoms with E-state index in [4.69, 9.17) is 9.47 Å². The zero-order chi connectivity index (χ0) is 17.7. The monoisotopic (exact) mass is 362 g/mol. The first-order valence-electron chi connectivity index (χ1n) is 8.07. The topological polar surface area (TPSA) is 55.8 Å². The van der Waals surface area contributed by atoms with Crippen molar-refractivity contribution in [2.75, 3.05) is 13.2 Å². The molecule has 0 aliphatic carbocycles. The average molecular weight is 362 g/mol. The van der Waals surface area contributed by atoms with Crippen LogP contribution in [0.1, 0.15) is 19.3 Å². The lowest BCUT2D eigenvalue weighted by Gasteiger charge is -2.35. The third-order valence-corrected chi connectivity index (χ3v) is 5.58.